The van der Waals surface area contributed by atoms with E-state index < -0.39 is 5.97 Å². The molecule has 0 bridgehead atoms. The van der Waals surface area contributed by atoms with Gasteiger partial charge in [0.15, 0.2) is 6.61 Å². The molecule has 0 amide bonds. The number of rotatable bonds is 5. The van der Waals surface area contributed by atoms with E-state index in [4.69, 9.17) is 21.1 Å². The van der Waals surface area contributed by atoms with E-state index >= 15 is 0 Å². The van der Waals surface area contributed by atoms with Crippen LogP contribution in [0.3, 0.4) is 0 Å². The van der Waals surface area contributed by atoms with Crippen LogP contribution in [-0.2, 0) is 4.79 Å². The third-order valence-electron chi connectivity index (χ3n) is 3.44. The molecule has 0 aromatic heterocycles. The van der Waals surface area contributed by atoms with Crippen LogP contribution in [0.2, 0.25) is 5.02 Å². The number of hydrogen-bond donors (Lipinski definition) is 0. The van der Waals surface area contributed by atoms with Gasteiger partial charge in [0.1, 0.15) is 11.5 Å². The smallest absolute Gasteiger partial charge is 0.349 e. The van der Waals surface area contributed by atoms with E-state index in [1.165, 1.54) is 0 Å². The molecule has 0 radical (unpaired) electrons. The molecule has 5 heteroatoms. The highest BCUT2D eigenvalue weighted by atomic mass is 79.9. The van der Waals surface area contributed by atoms with Crippen LogP contribution in [0.4, 0.5) is 0 Å². The first-order valence-corrected chi connectivity index (χ1v) is 8.73. The summed E-state index contributed by atoms with van der Waals surface area (Å²) in [5, 5.41) is 0.557. The minimum absolute atomic E-state index is 0.181. The molecular formula is C20H14BrClO3. The van der Waals surface area contributed by atoms with Crippen LogP contribution in [0.15, 0.2) is 77.3 Å². The van der Waals surface area contributed by atoms with E-state index in [1.807, 2.05) is 54.6 Å². The quantitative estimate of drug-likeness (QED) is 0.391. The Morgan fingerprint density at radius 1 is 0.920 bits per heavy atom. The molecule has 0 aliphatic rings. The molecule has 0 spiro atoms. The van der Waals surface area contributed by atoms with Crippen molar-refractivity contribution in [3.05, 3.63) is 82.3 Å². The fraction of sp³-hybridized carbons (Fsp3) is 0.0500. The van der Waals surface area contributed by atoms with E-state index in [9.17, 15) is 4.79 Å². The molecule has 0 fully saturated rings. The van der Waals surface area contributed by atoms with Gasteiger partial charge in [-0.3, -0.25) is 0 Å². The van der Waals surface area contributed by atoms with E-state index in [-0.39, 0.29) is 6.61 Å². The van der Waals surface area contributed by atoms with Crippen molar-refractivity contribution in [3.8, 4) is 22.6 Å². The molecule has 0 saturated heterocycles. The van der Waals surface area contributed by atoms with Gasteiger partial charge in [-0.05, 0) is 57.4 Å². The van der Waals surface area contributed by atoms with Crippen molar-refractivity contribution in [1.29, 1.82) is 0 Å². The summed E-state index contributed by atoms with van der Waals surface area (Å²) in [6.07, 6.45) is 0. The zero-order chi connectivity index (χ0) is 17.6. The maximum atomic E-state index is 11.9. The Hall–Kier alpha value is -2.30. The predicted octanol–water partition coefficient (Wildman–Crippen LogP) is 5.75. The number of hydrogen-bond acceptors (Lipinski definition) is 3. The summed E-state index contributed by atoms with van der Waals surface area (Å²) in [5.41, 5.74) is 2.21. The van der Waals surface area contributed by atoms with Gasteiger partial charge >= 0.3 is 5.97 Å². The van der Waals surface area contributed by atoms with Gasteiger partial charge in [0.05, 0.1) is 4.47 Å². The Morgan fingerprint density at radius 3 is 2.28 bits per heavy atom. The zero-order valence-electron chi connectivity index (χ0n) is 13.1. The number of halogens is 2. The summed E-state index contributed by atoms with van der Waals surface area (Å²) in [7, 11) is 0. The minimum atomic E-state index is -0.491. The molecule has 0 atom stereocenters. The molecule has 0 N–H and O–H groups in total. The molecular weight excluding hydrogens is 404 g/mol. The lowest BCUT2D eigenvalue weighted by Gasteiger charge is -2.09. The molecule has 3 rings (SSSR count). The van der Waals surface area contributed by atoms with Crippen molar-refractivity contribution in [2.75, 3.05) is 6.61 Å². The lowest BCUT2D eigenvalue weighted by atomic mass is 10.1. The van der Waals surface area contributed by atoms with Crippen LogP contribution in [0.25, 0.3) is 11.1 Å². The first kappa shape index (κ1) is 17.5. The summed E-state index contributed by atoms with van der Waals surface area (Å²) >= 11 is 9.16. The molecule has 0 aliphatic heterocycles. The second-order valence-electron chi connectivity index (χ2n) is 5.23. The van der Waals surface area contributed by atoms with Crippen molar-refractivity contribution < 1.29 is 14.3 Å². The SMILES string of the molecule is O=C(COc1ccc(-c2ccccc2)cc1)Oc1ccc(Cl)cc1Br. The number of benzene rings is 3. The van der Waals surface area contributed by atoms with Crippen LogP contribution >= 0.6 is 27.5 Å². The molecule has 3 aromatic carbocycles. The predicted molar refractivity (Wildman–Crippen MR) is 102 cm³/mol. The van der Waals surface area contributed by atoms with Crippen LogP contribution in [0, 0.1) is 0 Å². The van der Waals surface area contributed by atoms with Gasteiger partial charge in [0, 0.05) is 5.02 Å². The monoisotopic (exact) mass is 416 g/mol. The van der Waals surface area contributed by atoms with Crippen molar-refractivity contribution in [2.24, 2.45) is 0 Å². The average Bonchev–Trinajstić information content (AvgIpc) is 2.63. The Bertz CT molecular complexity index is 864. The molecule has 0 saturated carbocycles. The van der Waals surface area contributed by atoms with Gasteiger partial charge in [0.2, 0.25) is 0 Å². The van der Waals surface area contributed by atoms with Crippen molar-refractivity contribution in [3.63, 3.8) is 0 Å². The number of ether oxygens (including phenoxy) is 2. The Kier molecular flexibility index (Phi) is 5.74. The summed E-state index contributed by atoms with van der Waals surface area (Å²) in [6.45, 7) is -0.181. The van der Waals surface area contributed by atoms with Gasteiger partial charge in [-0.2, -0.15) is 0 Å². The standard InChI is InChI=1S/C20H14BrClO3/c21-18-12-16(22)8-11-19(18)25-20(23)13-24-17-9-6-15(7-10-17)14-4-2-1-3-5-14/h1-12H,13H2. The first-order valence-electron chi connectivity index (χ1n) is 7.56. The van der Waals surface area contributed by atoms with E-state index in [0.717, 1.165) is 11.1 Å². The van der Waals surface area contributed by atoms with Gasteiger partial charge in [-0.1, -0.05) is 54.1 Å². The van der Waals surface area contributed by atoms with Crippen molar-refractivity contribution in [1.82, 2.24) is 0 Å². The van der Waals surface area contributed by atoms with Crippen molar-refractivity contribution in [2.45, 2.75) is 0 Å². The number of carbonyl (C=O) groups excluding carboxylic acids is 1. The normalized spacial score (nSPS) is 10.3. The van der Waals surface area contributed by atoms with E-state index in [0.29, 0.717) is 21.0 Å². The highest BCUT2D eigenvalue weighted by Crippen LogP contribution is 2.28. The highest BCUT2D eigenvalue weighted by molar-refractivity contribution is 9.10. The fourth-order valence-electron chi connectivity index (χ4n) is 2.23. The Balaban J connectivity index is 1.57. The van der Waals surface area contributed by atoms with Gasteiger partial charge in [-0.25, -0.2) is 4.79 Å². The summed E-state index contributed by atoms with van der Waals surface area (Å²) < 4.78 is 11.3. The highest BCUT2D eigenvalue weighted by Gasteiger charge is 2.09. The lowest BCUT2D eigenvalue weighted by molar-refractivity contribution is -0.136. The van der Waals surface area contributed by atoms with Crippen LogP contribution in [0.1, 0.15) is 0 Å². The molecule has 3 aromatic rings. The van der Waals surface area contributed by atoms with Gasteiger partial charge < -0.3 is 9.47 Å². The largest absolute Gasteiger partial charge is 0.482 e. The van der Waals surface area contributed by atoms with Crippen LogP contribution in [0.5, 0.6) is 11.5 Å². The zero-order valence-corrected chi connectivity index (χ0v) is 15.5. The maximum absolute atomic E-state index is 11.9. The summed E-state index contributed by atoms with van der Waals surface area (Å²) in [5.74, 6) is 0.513. The van der Waals surface area contributed by atoms with Crippen molar-refractivity contribution >= 4 is 33.5 Å². The Morgan fingerprint density at radius 2 is 1.60 bits per heavy atom. The van der Waals surface area contributed by atoms with Crippen LogP contribution < -0.4 is 9.47 Å². The molecule has 25 heavy (non-hydrogen) atoms. The Labute approximate surface area is 159 Å². The second-order valence-corrected chi connectivity index (χ2v) is 6.52. The molecule has 0 unspecified atom stereocenters. The molecule has 0 aliphatic carbocycles. The minimum Gasteiger partial charge on any atom is -0.482 e. The summed E-state index contributed by atoms with van der Waals surface area (Å²) in [6, 6.07) is 22.5. The van der Waals surface area contributed by atoms with Gasteiger partial charge in [-0.15, -0.1) is 0 Å². The van der Waals surface area contributed by atoms with E-state index in [1.54, 1.807) is 18.2 Å². The average molecular weight is 418 g/mol. The molecule has 3 nitrogen and oxygen atoms in total. The fourth-order valence-corrected chi connectivity index (χ4v) is 2.99. The molecule has 126 valence electrons. The number of esters is 1. The van der Waals surface area contributed by atoms with Crippen LogP contribution in [-0.4, -0.2) is 12.6 Å². The first-order chi connectivity index (χ1) is 12.1. The molecule has 0 heterocycles. The third-order valence-corrected chi connectivity index (χ3v) is 4.29. The number of carbonyl (C=O) groups is 1. The summed E-state index contributed by atoms with van der Waals surface area (Å²) in [4.78, 5) is 11.9. The second kappa shape index (κ2) is 8.19. The van der Waals surface area contributed by atoms with Gasteiger partial charge in [0.25, 0.3) is 0 Å². The topological polar surface area (TPSA) is 35.5 Å². The van der Waals surface area contributed by atoms with E-state index in [2.05, 4.69) is 15.9 Å². The lowest BCUT2D eigenvalue weighted by Crippen LogP contribution is -2.17. The third kappa shape index (κ3) is 4.84. The maximum Gasteiger partial charge on any atom is 0.349 e.